The number of aromatic nitrogens is 4. The molecule has 3 rings (SSSR count). The summed E-state index contributed by atoms with van der Waals surface area (Å²) in [6, 6.07) is 5.97. The molecule has 0 aliphatic rings. The van der Waals surface area contributed by atoms with E-state index in [9.17, 15) is 0 Å². The second-order valence-corrected chi connectivity index (χ2v) is 6.39. The van der Waals surface area contributed by atoms with E-state index in [1.165, 1.54) is 0 Å². The van der Waals surface area contributed by atoms with Crippen molar-refractivity contribution in [3.8, 4) is 11.5 Å². The minimum absolute atomic E-state index is 0.791. The van der Waals surface area contributed by atoms with Gasteiger partial charge in [-0.1, -0.05) is 6.92 Å². The number of thioether (sulfide) groups is 1. The van der Waals surface area contributed by atoms with Gasteiger partial charge in [0.1, 0.15) is 10.3 Å². The first-order valence-corrected chi connectivity index (χ1v) is 8.04. The molecule has 20 heavy (non-hydrogen) atoms. The quantitative estimate of drug-likeness (QED) is 0.531. The summed E-state index contributed by atoms with van der Waals surface area (Å²) in [5.41, 5.74) is 2.85. The van der Waals surface area contributed by atoms with Crippen molar-refractivity contribution in [2.75, 3.05) is 5.75 Å². The van der Waals surface area contributed by atoms with Gasteiger partial charge in [0.15, 0.2) is 5.82 Å². The third kappa shape index (κ3) is 2.33. The number of rotatable bonds is 3. The Labute approximate surface area is 129 Å². The Morgan fingerprint density at radius 2 is 2.20 bits per heavy atom. The van der Waals surface area contributed by atoms with E-state index >= 15 is 0 Å². The van der Waals surface area contributed by atoms with Crippen molar-refractivity contribution in [3.05, 3.63) is 35.2 Å². The number of hydrogen-bond acceptors (Lipinski definition) is 4. The Hall–Kier alpha value is -1.40. The predicted octanol–water partition coefficient (Wildman–Crippen LogP) is 3.90. The van der Waals surface area contributed by atoms with Crippen molar-refractivity contribution in [2.24, 2.45) is 7.05 Å². The molecule has 0 saturated carbocycles. The maximum atomic E-state index is 4.70. The van der Waals surface area contributed by atoms with Crippen LogP contribution in [0.1, 0.15) is 6.92 Å². The van der Waals surface area contributed by atoms with Crippen LogP contribution in [0.25, 0.3) is 22.6 Å². The molecule has 0 aliphatic heterocycles. The van der Waals surface area contributed by atoms with Crippen molar-refractivity contribution >= 4 is 38.7 Å². The van der Waals surface area contributed by atoms with Crippen molar-refractivity contribution in [3.63, 3.8) is 0 Å². The summed E-state index contributed by atoms with van der Waals surface area (Å²) < 4.78 is 2.83. The summed E-state index contributed by atoms with van der Waals surface area (Å²) in [5.74, 6) is 1.88. The van der Waals surface area contributed by atoms with Gasteiger partial charge in [0, 0.05) is 18.1 Å². The summed E-state index contributed by atoms with van der Waals surface area (Å²) in [6.45, 7) is 2.14. The average Bonchev–Trinajstić information content (AvgIpc) is 2.76. The van der Waals surface area contributed by atoms with Crippen LogP contribution in [-0.2, 0) is 7.05 Å². The SMILES string of the molecule is CCSc1cccnc1-c1nc2cc(Br)ncc2n1C. The summed E-state index contributed by atoms with van der Waals surface area (Å²) in [7, 11) is 2.00. The molecule has 0 bridgehead atoms. The van der Waals surface area contributed by atoms with Gasteiger partial charge in [0.05, 0.1) is 17.2 Å². The number of nitrogens with zero attached hydrogens (tertiary/aromatic N) is 4. The number of pyridine rings is 2. The molecule has 3 heterocycles. The molecule has 0 saturated heterocycles. The summed E-state index contributed by atoms with van der Waals surface area (Å²) in [5, 5.41) is 0. The molecule has 4 nitrogen and oxygen atoms in total. The fourth-order valence-electron chi connectivity index (χ4n) is 2.11. The number of hydrogen-bond donors (Lipinski definition) is 0. The van der Waals surface area contributed by atoms with Crippen LogP contribution in [0.4, 0.5) is 0 Å². The van der Waals surface area contributed by atoms with Crippen LogP contribution in [0.2, 0.25) is 0 Å². The third-order valence-corrected chi connectivity index (χ3v) is 4.38. The Morgan fingerprint density at radius 1 is 1.35 bits per heavy atom. The van der Waals surface area contributed by atoms with Crippen LogP contribution < -0.4 is 0 Å². The number of aryl methyl sites for hydroxylation is 1. The minimum atomic E-state index is 0.791. The lowest BCUT2D eigenvalue weighted by molar-refractivity contribution is 0.940. The first-order chi connectivity index (χ1) is 9.70. The van der Waals surface area contributed by atoms with Gasteiger partial charge in [-0.3, -0.25) is 4.98 Å². The van der Waals surface area contributed by atoms with E-state index in [1.54, 1.807) is 11.8 Å². The van der Waals surface area contributed by atoms with Crippen LogP contribution in [0.5, 0.6) is 0 Å². The highest BCUT2D eigenvalue weighted by atomic mass is 79.9. The smallest absolute Gasteiger partial charge is 0.160 e. The second-order valence-electron chi connectivity index (χ2n) is 4.27. The van der Waals surface area contributed by atoms with E-state index in [2.05, 4.69) is 38.9 Å². The van der Waals surface area contributed by atoms with E-state index in [4.69, 9.17) is 4.98 Å². The van der Waals surface area contributed by atoms with Gasteiger partial charge in [0.2, 0.25) is 0 Å². The highest BCUT2D eigenvalue weighted by Crippen LogP contribution is 2.30. The lowest BCUT2D eigenvalue weighted by Gasteiger charge is -2.06. The summed E-state index contributed by atoms with van der Waals surface area (Å²) in [6.07, 6.45) is 3.63. The molecule has 0 radical (unpaired) electrons. The molecule has 0 atom stereocenters. The molecule has 0 unspecified atom stereocenters. The van der Waals surface area contributed by atoms with Crippen molar-refractivity contribution in [1.82, 2.24) is 19.5 Å². The Balaban J connectivity index is 2.22. The molecule has 3 aromatic heterocycles. The number of fused-ring (bicyclic) bond motifs is 1. The van der Waals surface area contributed by atoms with Crippen LogP contribution in [0.15, 0.2) is 40.1 Å². The minimum Gasteiger partial charge on any atom is -0.325 e. The zero-order valence-electron chi connectivity index (χ0n) is 11.2. The molecular formula is C14H13BrN4S. The highest BCUT2D eigenvalue weighted by molar-refractivity contribution is 9.10. The van der Waals surface area contributed by atoms with E-state index in [-0.39, 0.29) is 0 Å². The highest BCUT2D eigenvalue weighted by Gasteiger charge is 2.15. The Bertz CT molecular complexity index is 769. The van der Waals surface area contributed by atoms with Crippen LogP contribution in [0, 0.1) is 0 Å². The van der Waals surface area contributed by atoms with E-state index in [0.29, 0.717) is 0 Å². The fourth-order valence-corrected chi connectivity index (χ4v) is 3.19. The Kier molecular flexibility index (Phi) is 3.76. The largest absolute Gasteiger partial charge is 0.325 e. The monoisotopic (exact) mass is 348 g/mol. The first-order valence-electron chi connectivity index (χ1n) is 6.27. The molecule has 0 aliphatic carbocycles. The average molecular weight is 349 g/mol. The molecule has 0 spiro atoms. The van der Waals surface area contributed by atoms with Gasteiger partial charge in [-0.15, -0.1) is 11.8 Å². The van der Waals surface area contributed by atoms with Gasteiger partial charge >= 0.3 is 0 Å². The maximum Gasteiger partial charge on any atom is 0.160 e. The lowest BCUT2D eigenvalue weighted by atomic mass is 10.3. The molecule has 0 fully saturated rings. The first kappa shape index (κ1) is 13.6. The molecule has 0 aromatic carbocycles. The van der Waals surface area contributed by atoms with Gasteiger partial charge in [-0.2, -0.15) is 0 Å². The van der Waals surface area contributed by atoms with E-state index < -0.39 is 0 Å². The summed E-state index contributed by atoms with van der Waals surface area (Å²) in [4.78, 5) is 14.6. The fraction of sp³-hybridized carbons (Fsp3) is 0.214. The van der Waals surface area contributed by atoms with Gasteiger partial charge < -0.3 is 4.57 Å². The van der Waals surface area contributed by atoms with Crippen LogP contribution in [-0.4, -0.2) is 25.3 Å². The Morgan fingerprint density at radius 3 is 3.00 bits per heavy atom. The van der Waals surface area contributed by atoms with E-state index in [0.717, 1.165) is 37.8 Å². The third-order valence-electron chi connectivity index (χ3n) is 3.02. The predicted molar refractivity (Wildman–Crippen MR) is 85.8 cm³/mol. The van der Waals surface area contributed by atoms with Crippen LogP contribution >= 0.6 is 27.7 Å². The molecule has 102 valence electrons. The topological polar surface area (TPSA) is 43.6 Å². The molecule has 6 heteroatoms. The van der Waals surface area contributed by atoms with Crippen molar-refractivity contribution in [2.45, 2.75) is 11.8 Å². The maximum absolute atomic E-state index is 4.70. The van der Waals surface area contributed by atoms with Crippen LogP contribution in [0.3, 0.4) is 0 Å². The standard InChI is InChI=1S/C14H13BrN4S/c1-3-20-11-5-4-6-16-13(11)14-18-9-7-12(15)17-8-10(9)19(14)2/h4-8H,3H2,1-2H3. The van der Waals surface area contributed by atoms with E-state index in [1.807, 2.05) is 36.1 Å². The molecule has 3 aromatic rings. The number of imidazole rings is 1. The second kappa shape index (κ2) is 5.54. The molecule has 0 N–H and O–H groups in total. The lowest BCUT2D eigenvalue weighted by Crippen LogP contribution is -1.96. The van der Waals surface area contributed by atoms with Crippen molar-refractivity contribution < 1.29 is 0 Å². The summed E-state index contributed by atoms with van der Waals surface area (Å²) >= 11 is 5.16. The zero-order chi connectivity index (χ0) is 14.1. The van der Waals surface area contributed by atoms with Crippen molar-refractivity contribution in [1.29, 1.82) is 0 Å². The van der Waals surface area contributed by atoms with Gasteiger partial charge in [0.25, 0.3) is 0 Å². The van der Waals surface area contributed by atoms with Gasteiger partial charge in [-0.25, -0.2) is 9.97 Å². The van der Waals surface area contributed by atoms with Gasteiger partial charge in [-0.05, 0) is 39.9 Å². The molecular weight excluding hydrogens is 336 g/mol. The zero-order valence-corrected chi connectivity index (χ0v) is 13.6. The normalized spacial score (nSPS) is 11.2. The number of halogens is 1. The molecule has 0 amide bonds.